The summed E-state index contributed by atoms with van der Waals surface area (Å²) in [6.07, 6.45) is 2.93. The van der Waals surface area contributed by atoms with E-state index < -0.39 is 0 Å². The zero-order valence-electron chi connectivity index (χ0n) is 9.37. The molecule has 0 saturated carbocycles. The molecule has 4 heteroatoms. The Kier molecular flexibility index (Phi) is 3.14. The maximum atomic E-state index is 12.1. The molecule has 0 aliphatic rings. The highest BCUT2D eigenvalue weighted by molar-refractivity contribution is 6.05. The van der Waals surface area contributed by atoms with Crippen molar-refractivity contribution >= 4 is 11.7 Å². The third kappa shape index (κ3) is 2.47. The molecule has 1 heterocycles. The molecule has 0 unspecified atom stereocenters. The number of carbonyl (C=O) groups is 1. The molecule has 0 N–H and O–H groups in total. The van der Waals surface area contributed by atoms with Crippen molar-refractivity contribution in [2.75, 3.05) is 11.9 Å². The second kappa shape index (κ2) is 4.74. The molecule has 0 bridgehead atoms. The average Bonchev–Trinajstić information content (AvgIpc) is 2.38. The molecule has 0 spiro atoms. The van der Waals surface area contributed by atoms with Crippen LogP contribution < -0.4 is 4.90 Å². The topological polar surface area (TPSA) is 46.1 Å². The van der Waals surface area contributed by atoms with Gasteiger partial charge < -0.3 is 0 Å². The highest BCUT2D eigenvalue weighted by Crippen LogP contribution is 2.11. The summed E-state index contributed by atoms with van der Waals surface area (Å²) in [6.45, 7) is 5.52. The van der Waals surface area contributed by atoms with Crippen LogP contribution in [0.4, 0.5) is 5.82 Å². The van der Waals surface area contributed by atoms with Gasteiger partial charge in [0.2, 0.25) is 0 Å². The largest absolute Gasteiger partial charge is 0.295 e. The van der Waals surface area contributed by atoms with Gasteiger partial charge in [0.25, 0.3) is 5.91 Å². The molecule has 1 aromatic carbocycles. The number of aromatic nitrogens is 2. The van der Waals surface area contributed by atoms with E-state index in [1.807, 2.05) is 18.2 Å². The van der Waals surface area contributed by atoms with Gasteiger partial charge in [0.1, 0.15) is 0 Å². The lowest BCUT2D eigenvalue weighted by Crippen LogP contribution is -2.27. The van der Waals surface area contributed by atoms with Gasteiger partial charge in [-0.25, -0.2) is 4.98 Å². The second-order valence-electron chi connectivity index (χ2n) is 3.53. The summed E-state index contributed by atoms with van der Waals surface area (Å²) in [7, 11) is 1.64. The van der Waals surface area contributed by atoms with E-state index in [0.717, 1.165) is 0 Å². The first kappa shape index (κ1) is 11.3. The van der Waals surface area contributed by atoms with Crippen LogP contribution in [0.2, 0.25) is 0 Å². The molecule has 2 aromatic rings. The SMILES string of the molecule is [CH]c1cncc(N(C)C(=O)c2ccccc2)n1. The summed E-state index contributed by atoms with van der Waals surface area (Å²) >= 11 is 0. The molecule has 4 nitrogen and oxygen atoms in total. The van der Waals surface area contributed by atoms with Gasteiger partial charge in [0.05, 0.1) is 11.9 Å². The van der Waals surface area contributed by atoms with Gasteiger partial charge in [0, 0.05) is 25.7 Å². The molecule has 1 aromatic heterocycles. The summed E-state index contributed by atoms with van der Waals surface area (Å²) in [5, 5.41) is 0. The Labute approximate surface area is 99.9 Å². The van der Waals surface area contributed by atoms with Gasteiger partial charge >= 0.3 is 0 Å². The summed E-state index contributed by atoms with van der Waals surface area (Å²) in [5.74, 6) is 0.282. The van der Waals surface area contributed by atoms with Crippen LogP contribution in [0.15, 0.2) is 42.7 Å². The van der Waals surface area contributed by atoms with Crippen molar-refractivity contribution in [3.8, 4) is 0 Å². The van der Waals surface area contributed by atoms with E-state index in [4.69, 9.17) is 6.92 Å². The first-order chi connectivity index (χ1) is 8.18. The lowest BCUT2D eigenvalue weighted by Gasteiger charge is -2.15. The number of nitrogens with zero attached hydrogens (tertiary/aromatic N) is 3. The molecule has 1 amide bonds. The van der Waals surface area contributed by atoms with Crippen molar-refractivity contribution in [1.82, 2.24) is 9.97 Å². The predicted octanol–water partition coefficient (Wildman–Crippen LogP) is 1.81. The van der Waals surface area contributed by atoms with Crippen LogP contribution in [-0.2, 0) is 0 Å². The van der Waals surface area contributed by atoms with E-state index in [1.165, 1.54) is 17.3 Å². The first-order valence-electron chi connectivity index (χ1n) is 5.09. The van der Waals surface area contributed by atoms with Gasteiger partial charge in [0.15, 0.2) is 5.82 Å². The Hall–Kier alpha value is -2.23. The molecular formula is C13H11N3O. The molecule has 17 heavy (non-hydrogen) atoms. The highest BCUT2D eigenvalue weighted by Gasteiger charge is 2.14. The second-order valence-corrected chi connectivity index (χ2v) is 3.53. The lowest BCUT2D eigenvalue weighted by atomic mass is 10.2. The third-order valence-electron chi connectivity index (χ3n) is 2.31. The van der Waals surface area contributed by atoms with Crippen LogP contribution in [0.25, 0.3) is 0 Å². The maximum absolute atomic E-state index is 12.1. The van der Waals surface area contributed by atoms with Crippen LogP contribution in [0, 0.1) is 6.92 Å². The van der Waals surface area contributed by atoms with Crippen LogP contribution >= 0.6 is 0 Å². The summed E-state index contributed by atoms with van der Waals surface area (Å²) < 4.78 is 0. The van der Waals surface area contributed by atoms with Gasteiger partial charge in [-0.3, -0.25) is 14.7 Å². The first-order valence-corrected chi connectivity index (χ1v) is 5.09. The zero-order chi connectivity index (χ0) is 12.3. The van der Waals surface area contributed by atoms with E-state index in [0.29, 0.717) is 11.4 Å². The molecular weight excluding hydrogens is 214 g/mol. The molecule has 0 atom stereocenters. The number of rotatable bonds is 2. The molecule has 2 rings (SSSR count). The number of hydrogen-bond donors (Lipinski definition) is 0. The Morgan fingerprint density at radius 3 is 2.59 bits per heavy atom. The summed E-state index contributed by atoms with van der Waals surface area (Å²) in [4.78, 5) is 21.4. The summed E-state index contributed by atoms with van der Waals surface area (Å²) in [6, 6.07) is 8.98. The molecule has 0 fully saturated rings. The fraction of sp³-hybridized carbons (Fsp3) is 0.0769. The minimum absolute atomic E-state index is 0.148. The van der Waals surface area contributed by atoms with E-state index >= 15 is 0 Å². The zero-order valence-corrected chi connectivity index (χ0v) is 9.37. The van der Waals surface area contributed by atoms with Crippen LogP contribution in [-0.4, -0.2) is 22.9 Å². The minimum atomic E-state index is -0.148. The summed E-state index contributed by atoms with van der Waals surface area (Å²) in [5.41, 5.74) is 0.884. The van der Waals surface area contributed by atoms with E-state index in [2.05, 4.69) is 9.97 Å². The average molecular weight is 225 g/mol. The van der Waals surface area contributed by atoms with Gasteiger partial charge in [-0.1, -0.05) is 18.2 Å². The van der Waals surface area contributed by atoms with Gasteiger partial charge in [-0.2, -0.15) is 0 Å². The smallest absolute Gasteiger partial charge is 0.259 e. The standard InChI is InChI=1S/C13H11N3O/c1-10-8-14-9-12(15-10)16(2)13(17)11-6-4-3-5-7-11/h1,3-9H,2H3. The van der Waals surface area contributed by atoms with Crippen molar-refractivity contribution < 1.29 is 4.79 Å². The molecule has 2 radical (unpaired) electrons. The van der Waals surface area contributed by atoms with Crippen molar-refractivity contribution in [1.29, 1.82) is 0 Å². The Balaban J connectivity index is 2.27. The fourth-order valence-electron chi connectivity index (χ4n) is 1.41. The minimum Gasteiger partial charge on any atom is -0.295 e. The quantitative estimate of drug-likeness (QED) is 0.783. The predicted molar refractivity (Wildman–Crippen MR) is 64.6 cm³/mol. The Morgan fingerprint density at radius 2 is 1.94 bits per heavy atom. The lowest BCUT2D eigenvalue weighted by molar-refractivity contribution is 0.0992. The monoisotopic (exact) mass is 225 g/mol. The Morgan fingerprint density at radius 1 is 1.24 bits per heavy atom. The molecule has 84 valence electrons. The Bertz CT molecular complexity index is 525. The van der Waals surface area contributed by atoms with Gasteiger partial charge in [-0.05, 0) is 12.1 Å². The van der Waals surface area contributed by atoms with Crippen LogP contribution in [0.3, 0.4) is 0 Å². The van der Waals surface area contributed by atoms with Gasteiger partial charge in [-0.15, -0.1) is 0 Å². The number of amides is 1. The van der Waals surface area contributed by atoms with Crippen molar-refractivity contribution in [2.24, 2.45) is 0 Å². The number of benzene rings is 1. The van der Waals surface area contributed by atoms with Crippen molar-refractivity contribution in [3.05, 3.63) is 60.9 Å². The van der Waals surface area contributed by atoms with E-state index in [9.17, 15) is 4.79 Å². The number of anilines is 1. The van der Waals surface area contributed by atoms with Crippen molar-refractivity contribution in [2.45, 2.75) is 0 Å². The van der Waals surface area contributed by atoms with E-state index in [1.54, 1.807) is 19.2 Å². The van der Waals surface area contributed by atoms with E-state index in [-0.39, 0.29) is 11.6 Å². The number of carbonyl (C=O) groups excluding carboxylic acids is 1. The van der Waals surface area contributed by atoms with Crippen molar-refractivity contribution in [3.63, 3.8) is 0 Å². The van der Waals surface area contributed by atoms with Crippen LogP contribution in [0.5, 0.6) is 0 Å². The third-order valence-corrected chi connectivity index (χ3v) is 2.31. The normalized spacial score (nSPS) is 10.0. The van der Waals surface area contributed by atoms with Crippen LogP contribution in [0.1, 0.15) is 16.1 Å². The number of hydrogen-bond acceptors (Lipinski definition) is 3. The molecule has 0 saturated heterocycles. The maximum Gasteiger partial charge on any atom is 0.259 e. The highest BCUT2D eigenvalue weighted by atomic mass is 16.2. The molecule has 0 aliphatic carbocycles. The fourth-order valence-corrected chi connectivity index (χ4v) is 1.41. The molecule has 0 aliphatic heterocycles.